The molecule has 14 nitrogen and oxygen atoms in total. The first-order chi connectivity index (χ1) is 28.9. The SMILES string of the molecule is CC(C)(O)C(=O)N1CCC(CCc2c(C3CC3)[nH]n(-c3nc4ccc(Cl)cc4[nH]3)c2=O)CC1.O=c1c(CCC2CCNCC2)c(C2CC2)[nH]n1-c1nc2ccc(Cl)cc2[nH]1. The van der Waals surface area contributed by atoms with Gasteiger partial charge in [0.25, 0.3) is 17.0 Å². The predicted molar refractivity (Wildman–Crippen MR) is 234 cm³/mol. The van der Waals surface area contributed by atoms with Gasteiger partial charge in [-0.3, -0.25) is 24.6 Å². The van der Waals surface area contributed by atoms with Gasteiger partial charge in [0, 0.05) is 57.5 Å². The number of nitrogens with zero attached hydrogens (tertiary/aromatic N) is 5. The second-order valence-corrected chi connectivity index (χ2v) is 18.7. The van der Waals surface area contributed by atoms with Crippen LogP contribution in [-0.4, -0.2) is 87.2 Å². The number of benzene rings is 2. The van der Waals surface area contributed by atoms with E-state index in [2.05, 4.69) is 35.5 Å². The van der Waals surface area contributed by atoms with Crippen molar-refractivity contribution >= 4 is 51.2 Å². The van der Waals surface area contributed by atoms with Gasteiger partial charge < -0.3 is 25.3 Å². The highest BCUT2D eigenvalue weighted by Crippen LogP contribution is 2.42. The van der Waals surface area contributed by atoms with E-state index in [4.69, 9.17) is 23.2 Å². The van der Waals surface area contributed by atoms with Crippen LogP contribution in [0.3, 0.4) is 0 Å². The number of carbonyl (C=O) groups is 1. The molecule has 60 heavy (non-hydrogen) atoms. The lowest BCUT2D eigenvalue weighted by Crippen LogP contribution is -2.48. The number of piperidine rings is 2. The number of hydrogen-bond donors (Lipinski definition) is 6. The highest BCUT2D eigenvalue weighted by atomic mass is 35.5. The average Bonchev–Trinajstić information content (AvgIpc) is 4.12. The van der Waals surface area contributed by atoms with Crippen LogP contribution >= 0.6 is 23.2 Å². The summed E-state index contributed by atoms with van der Waals surface area (Å²) < 4.78 is 3.11. The van der Waals surface area contributed by atoms with Crippen LogP contribution in [0.2, 0.25) is 10.0 Å². The molecule has 4 fully saturated rings. The van der Waals surface area contributed by atoms with Crippen molar-refractivity contribution in [3.05, 3.63) is 89.7 Å². The summed E-state index contributed by atoms with van der Waals surface area (Å²) in [4.78, 5) is 56.2. The van der Waals surface area contributed by atoms with Crippen molar-refractivity contribution in [2.75, 3.05) is 26.2 Å². The van der Waals surface area contributed by atoms with E-state index in [1.54, 1.807) is 21.7 Å². The largest absolute Gasteiger partial charge is 0.381 e. The summed E-state index contributed by atoms with van der Waals surface area (Å²) in [6.45, 7) is 6.57. The number of aromatic nitrogens is 8. The Balaban J connectivity index is 0.000000157. The number of fused-ring (bicyclic) bond motifs is 2. The van der Waals surface area contributed by atoms with E-state index >= 15 is 0 Å². The third kappa shape index (κ3) is 8.75. The lowest BCUT2D eigenvalue weighted by molar-refractivity contribution is -0.149. The first-order valence-electron chi connectivity index (χ1n) is 21.6. The van der Waals surface area contributed by atoms with Crippen LogP contribution in [0.15, 0.2) is 46.0 Å². The van der Waals surface area contributed by atoms with Gasteiger partial charge in [0.05, 0.1) is 22.1 Å². The molecule has 10 rings (SSSR count). The number of likely N-dealkylation sites (tertiary alicyclic amines) is 1. The first-order valence-corrected chi connectivity index (χ1v) is 22.4. The molecule has 6 aromatic rings. The monoisotopic (exact) mass is 856 g/mol. The Labute approximate surface area is 357 Å². The number of H-pyrrole nitrogens is 4. The van der Waals surface area contributed by atoms with E-state index in [9.17, 15) is 19.5 Å². The Morgan fingerprint density at radius 1 is 0.717 bits per heavy atom. The van der Waals surface area contributed by atoms with Crippen molar-refractivity contribution < 1.29 is 9.90 Å². The minimum Gasteiger partial charge on any atom is -0.381 e. The van der Waals surface area contributed by atoms with Gasteiger partial charge in [-0.1, -0.05) is 23.2 Å². The van der Waals surface area contributed by atoms with Crippen LogP contribution in [0.4, 0.5) is 0 Å². The predicted octanol–water partition coefficient (Wildman–Crippen LogP) is 7.02. The van der Waals surface area contributed by atoms with E-state index < -0.39 is 5.60 Å². The molecule has 4 aliphatic rings. The number of hydrogen-bond acceptors (Lipinski definition) is 7. The molecule has 0 unspecified atom stereocenters. The zero-order valence-electron chi connectivity index (χ0n) is 34.3. The van der Waals surface area contributed by atoms with E-state index in [0.717, 1.165) is 121 Å². The number of aromatic amines is 4. The van der Waals surface area contributed by atoms with Crippen LogP contribution in [-0.2, 0) is 17.6 Å². The molecule has 0 bridgehead atoms. The summed E-state index contributed by atoms with van der Waals surface area (Å²) >= 11 is 12.2. The van der Waals surface area contributed by atoms with Crippen LogP contribution in [0.5, 0.6) is 0 Å². The van der Waals surface area contributed by atoms with Crippen molar-refractivity contribution in [2.45, 2.75) is 108 Å². The molecule has 318 valence electrons. The topological polar surface area (TPSA) is 186 Å². The summed E-state index contributed by atoms with van der Waals surface area (Å²) in [5, 5.41) is 21.3. The maximum atomic E-state index is 13.4. The molecule has 4 aromatic heterocycles. The van der Waals surface area contributed by atoms with Crippen molar-refractivity contribution in [1.82, 2.24) is 49.7 Å². The molecule has 2 aliphatic heterocycles. The molecular formula is C44H54Cl2N10O4. The number of halogens is 2. The van der Waals surface area contributed by atoms with Crippen LogP contribution in [0.25, 0.3) is 34.0 Å². The van der Waals surface area contributed by atoms with E-state index in [1.165, 1.54) is 31.4 Å². The number of nitrogens with one attached hydrogen (secondary N) is 5. The summed E-state index contributed by atoms with van der Waals surface area (Å²) in [6, 6.07) is 10.9. The molecule has 2 saturated carbocycles. The second-order valence-electron chi connectivity index (χ2n) is 17.8. The quantitative estimate of drug-likeness (QED) is 0.0809. The Hall–Kier alpha value is -4.63. The van der Waals surface area contributed by atoms with E-state index in [0.29, 0.717) is 59.2 Å². The summed E-state index contributed by atoms with van der Waals surface area (Å²) in [5.74, 6) is 2.89. The minimum absolute atomic E-state index is 0.0380. The third-order valence-electron chi connectivity index (χ3n) is 12.8. The smallest absolute Gasteiger partial charge is 0.277 e. The molecule has 0 spiro atoms. The Morgan fingerprint density at radius 3 is 1.60 bits per heavy atom. The molecule has 0 radical (unpaired) electrons. The lowest BCUT2D eigenvalue weighted by atomic mass is 9.89. The molecule has 1 amide bonds. The van der Waals surface area contributed by atoms with Gasteiger partial charge in [0.2, 0.25) is 11.9 Å². The van der Waals surface area contributed by atoms with Crippen molar-refractivity contribution in [2.24, 2.45) is 11.8 Å². The van der Waals surface area contributed by atoms with Gasteiger partial charge in [-0.25, -0.2) is 9.97 Å². The van der Waals surface area contributed by atoms with Gasteiger partial charge in [-0.05, 0) is 152 Å². The Morgan fingerprint density at radius 2 is 1.17 bits per heavy atom. The normalized spacial score (nSPS) is 18.1. The van der Waals surface area contributed by atoms with Crippen molar-refractivity contribution in [3.8, 4) is 11.9 Å². The number of imidazole rings is 2. The van der Waals surface area contributed by atoms with Gasteiger partial charge >= 0.3 is 0 Å². The summed E-state index contributed by atoms with van der Waals surface area (Å²) in [6.07, 6.45) is 12.3. The number of carbonyl (C=O) groups excluding carboxylic acids is 1. The fourth-order valence-corrected chi connectivity index (χ4v) is 9.35. The first kappa shape index (κ1) is 40.8. The molecule has 2 aromatic carbocycles. The van der Waals surface area contributed by atoms with E-state index in [1.807, 2.05) is 24.3 Å². The second kappa shape index (κ2) is 16.7. The summed E-state index contributed by atoms with van der Waals surface area (Å²) in [5.41, 5.74) is 5.82. The van der Waals surface area contributed by atoms with Crippen LogP contribution in [0.1, 0.15) is 112 Å². The molecule has 0 atom stereocenters. The van der Waals surface area contributed by atoms with Gasteiger partial charge in [-0.2, -0.15) is 9.36 Å². The summed E-state index contributed by atoms with van der Waals surface area (Å²) in [7, 11) is 0. The van der Waals surface area contributed by atoms with Crippen molar-refractivity contribution in [1.29, 1.82) is 0 Å². The van der Waals surface area contributed by atoms with Crippen LogP contribution in [0, 0.1) is 11.8 Å². The number of rotatable bonds is 11. The zero-order valence-corrected chi connectivity index (χ0v) is 35.8. The zero-order chi connectivity index (χ0) is 41.7. The maximum absolute atomic E-state index is 13.4. The highest BCUT2D eigenvalue weighted by molar-refractivity contribution is 6.31. The van der Waals surface area contributed by atoms with Gasteiger partial charge in [0.1, 0.15) is 5.60 Å². The standard InChI is InChI=1S/C24H30ClN5O3.C20H24ClN5O/c1-24(2,33)22(32)29-11-9-14(10-12-29)3-7-17-20(15-4-5-15)28-30(21(17)31)23-26-18-8-6-16(25)13-19(18)27-23;21-14-4-6-16-17(11-14)24-20(23-16)26-19(27)15(18(25-26)13-2-3-13)5-1-12-7-9-22-10-8-12/h6,8,13-15,28,33H,3-5,7,9-12H2,1-2H3,(H,26,27);4,6,11-13,22,25H,1-3,5,7-10H2,(H,23,24). The fraction of sp³-hybridized carbons (Fsp3) is 0.523. The number of amides is 1. The van der Waals surface area contributed by atoms with Crippen LogP contribution < -0.4 is 16.4 Å². The molecular weight excluding hydrogens is 803 g/mol. The molecule has 6 heterocycles. The fourth-order valence-electron chi connectivity index (χ4n) is 9.01. The molecule has 16 heteroatoms. The molecule has 2 saturated heterocycles. The van der Waals surface area contributed by atoms with Crippen molar-refractivity contribution in [3.63, 3.8) is 0 Å². The Kier molecular flexibility index (Phi) is 11.3. The molecule has 2 aliphatic carbocycles. The lowest BCUT2D eigenvalue weighted by Gasteiger charge is -2.35. The van der Waals surface area contributed by atoms with E-state index in [-0.39, 0.29) is 17.0 Å². The maximum Gasteiger partial charge on any atom is 0.277 e. The number of aliphatic hydroxyl groups is 1. The third-order valence-corrected chi connectivity index (χ3v) is 13.3. The van der Waals surface area contributed by atoms with Gasteiger partial charge in [-0.15, -0.1) is 0 Å². The minimum atomic E-state index is -1.33. The molecule has 6 N–H and O–H groups in total. The average molecular weight is 858 g/mol. The highest BCUT2D eigenvalue weighted by Gasteiger charge is 2.34. The Bertz CT molecular complexity index is 2620. The van der Waals surface area contributed by atoms with Gasteiger partial charge in [0.15, 0.2) is 0 Å².